The van der Waals surface area contributed by atoms with Crippen LogP contribution in [-0.4, -0.2) is 22.7 Å². The van der Waals surface area contributed by atoms with E-state index in [0.717, 1.165) is 28.5 Å². The number of rotatable bonds is 4. The van der Waals surface area contributed by atoms with Crippen LogP contribution in [-0.2, 0) is 19.3 Å². The number of benzene rings is 1. The zero-order valence-corrected chi connectivity index (χ0v) is 15.6. The molecule has 0 atom stereocenters. The Morgan fingerprint density at radius 1 is 1.32 bits per heavy atom. The molecule has 0 saturated heterocycles. The Kier molecular flexibility index (Phi) is 6.13. The molecule has 7 heteroatoms. The van der Waals surface area contributed by atoms with E-state index in [9.17, 15) is 0 Å². The van der Waals surface area contributed by atoms with Crippen LogP contribution >= 0.6 is 35.3 Å². The van der Waals surface area contributed by atoms with Crippen molar-refractivity contribution in [1.82, 2.24) is 10.2 Å². The van der Waals surface area contributed by atoms with Gasteiger partial charge in [-0.25, -0.2) is 0 Å². The first-order chi connectivity index (χ1) is 10.2. The van der Waals surface area contributed by atoms with Gasteiger partial charge in [-0.2, -0.15) is 0 Å². The summed E-state index contributed by atoms with van der Waals surface area (Å²) in [7, 11) is 0. The first-order valence-corrected chi connectivity index (χ1v) is 8.00. The molecule has 5 nitrogen and oxygen atoms in total. The van der Waals surface area contributed by atoms with E-state index in [1.807, 2.05) is 6.92 Å². The van der Waals surface area contributed by atoms with E-state index >= 15 is 0 Å². The summed E-state index contributed by atoms with van der Waals surface area (Å²) in [4.78, 5) is 4.34. The highest BCUT2D eigenvalue weighted by Gasteiger charge is 2.10. The predicted molar refractivity (Wildman–Crippen MR) is 102 cm³/mol. The molecule has 118 valence electrons. The molecule has 3 N–H and O–H groups in total. The minimum atomic E-state index is 0. The van der Waals surface area contributed by atoms with Crippen molar-refractivity contribution in [3.05, 3.63) is 39.3 Å². The van der Waals surface area contributed by atoms with Crippen LogP contribution in [0.5, 0.6) is 0 Å². The van der Waals surface area contributed by atoms with Crippen molar-refractivity contribution < 1.29 is 0 Å². The Hall–Kier alpha value is -1.22. The minimum absolute atomic E-state index is 0. The summed E-state index contributed by atoms with van der Waals surface area (Å²) in [5.41, 5.74) is 9.83. The van der Waals surface area contributed by atoms with Gasteiger partial charge >= 0.3 is 0 Å². The third-order valence-electron chi connectivity index (χ3n) is 3.55. The molecule has 1 aromatic carbocycles. The zero-order valence-electron chi connectivity index (χ0n) is 12.5. The van der Waals surface area contributed by atoms with Gasteiger partial charge in [0.1, 0.15) is 10.0 Å². The average Bonchev–Trinajstić information content (AvgIpc) is 3.07. The maximum absolute atomic E-state index is 5.93. The molecule has 3 rings (SSSR count). The third-order valence-corrected chi connectivity index (χ3v) is 4.45. The van der Waals surface area contributed by atoms with Crippen molar-refractivity contribution in [3.63, 3.8) is 0 Å². The number of fused-ring (bicyclic) bond motifs is 1. The molecular formula is C15H20IN5S. The second-order valence-electron chi connectivity index (χ2n) is 5.19. The number of aromatic nitrogens is 2. The quantitative estimate of drug-likeness (QED) is 0.445. The number of nitrogens with one attached hydrogen (secondary N) is 1. The van der Waals surface area contributed by atoms with E-state index in [1.165, 1.54) is 24.0 Å². The lowest BCUT2D eigenvalue weighted by Crippen LogP contribution is -2.23. The maximum atomic E-state index is 5.93. The Morgan fingerprint density at radius 2 is 2.14 bits per heavy atom. The van der Waals surface area contributed by atoms with Crippen molar-refractivity contribution in [1.29, 1.82) is 0 Å². The van der Waals surface area contributed by atoms with E-state index in [2.05, 4.69) is 38.7 Å². The lowest BCUT2D eigenvalue weighted by atomic mass is 10.1. The van der Waals surface area contributed by atoms with Gasteiger partial charge in [-0.05, 0) is 49.4 Å². The van der Waals surface area contributed by atoms with Crippen LogP contribution in [0.25, 0.3) is 0 Å². The number of hydrogen-bond donors (Lipinski definition) is 2. The highest BCUT2D eigenvalue weighted by molar-refractivity contribution is 14.0. The first kappa shape index (κ1) is 17.1. The highest BCUT2D eigenvalue weighted by Crippen LogP contribution is 2.24. The fourth-order valence-corrected chi connectivity index (χ4v) is 3.25. The molecule has 1 heterocycles. The predicted octanol–water partition coefficient (Wildman–Crippen LogP) is 2.92. The van der Waals surface area contributed by atoms with Crippen LogP contribution in [0.1, 0.15) is 27.6 Å². The number of hydrogen-bond acceptors (Lipinski definition) is 4. The summed E-state index contributed by atoms with van der Waals surface area (Å²) in [6.45, 7) is 2.58. The van der Waals surface area contributed by atoms with Gasteiger partial charge in [0.2, 0.25) is 0 Å². The number of anilines is 1. The minimum Gasteiger partial charge on any atom is -0.370 e. The number of nitrogens with two attached hydrogens (primary N) is 1. The number of aryl methyl sites for hydroxylation is 3. The second-order valence-corrected chi connectivity index (χ2v) is 6.46. The topological polar surface area (TPSA) is 76.2 Å². The summed E-state index contributed by atoms with van der Waals surface area (Å²) in [6, 6.07) is 6.43. The molecule has 0 fully saturated rings. The van der Waals surface area contributed by atoms with Crippen molar-refractivity contribution >= 4 is 47.0 Å². The normalized spacial score (nSPS) is 13.6. The average molecular weight is 429 g/mol. The van der Waals surface area contributed by atoms with Gasteiger partial charge in [0, 0.05) is 18.7 Å². The molecule has 0 spiro atoms. The van der Waals surface area contributed by atoms with Gasteiger partial charge in [0.15, 0.2) is 5.96 Å². The largest absolute Gasteiger partial charge is 0.370 e. The molecule has 22 heavy (non-hydrogen) atoms. The molecule has 1 aliphatic rings. The standard InChI is InChI=1S/C15H19N5S.HI/c1-10-19-20-14(21-10)7-8-17-15(16)18-13-6-5-11-3-2-4-12(11)9-13;/h5-6,9H,2-4,7-8H2,1H3,(H3,16,17,18);1H. The molecule has 0 radical (unpaired) electrons. The molecule has 1 aliphatic carbocycles. The lowest BCUT2D eigenvalue weighted by Gasteiger charge is -2.07. The third kappa shape index (κ3) is 4.39. The van der Waals surface area contributed by atoms with E-state index < -0.39 is 0 Å². The van der Waals surface area contributed by atoms with E-state index in [4.69, 9.17) is 5.73 Å². The van der Waals surface area contributed by atoms with Gasteiger partial charge < -0.3 is 11.1 Å². The Morgan fingerprint density at radius 3 is 2.91 bits per heavy atom. The first-order valence-electron chi connectivity index (χ1n) is 7.18. The second kappa shape index (κ2) is 7.87. The van der Waals surface area contributed by atoms with Gasteiger partial charge in [0.25, 0.3) is 0 Å². The van der Waals surface area contributed by atoms with E-state index in [0.29, 0.717) is 12.5 Å². The molecule has 0 aliphatic heterocycles. The smallest absolute Gasteiger partial charge is 0.193 e. The van der Waals surface area contributed by atoms with Crippen molar-refractivity contribution in [3.8, 4) is 0 Å². The molecule has 0 unspecified atom stereocenters. The van der Waals surface area contributed by atoms with Crippen LogP contribution in [0.4, 0.5) is 5.69 Å². The molecule has 0 bridgehead atoms. The summed E-state index contributed by atoms with van der Waals surface area (Å²) in [5.74, 6) is 0.453. The Balaban J connectivity index is 0.00000176. The zero-order chi connectivity index (χ0) is 14.7. The van der Waals surface area contributed by atoms with Crippen LogP contribution in [0.2, 0.25) is 0 Å². The summed E-state index contributed by atoms with van der Waals surface area (Å²) in [5, 5.41) is 13.2. The molecule has 1 aromatic heterocycles. The summed E-state index contributed by atoms with van der Waals surface area (Å²) in [6.07, 6.45) is 4.39. The van der Waals surface area contributed by atoms with Crippen LogP contribution in [0, 0.1) is 6.92 Å². The van der Waals surface area contributed by atoms with Crippen LogP contribution in [0.15, 0.2) is 23.2 Å². The number of halogens is 1. The Bertz CT molecular complexity index is 668. The van der Waals surface area contributed by atoms with Crippen LogP contribution in [0.3, 0.4) is 0 Å². The van der Waals surface area contributed by atoms with Gasteiger partial charge in [-0.3, -0.25) is 4.99 Å². The molecule has 0 amide bonds. The number of aliphatic imine (C=N–C) groups is 1. The molecular weight excluding hydrogens is 409 g/mol. The fraction of sp³-hybridized carbons (Fsp3) is 0.400. The fourth-order valence-electron chi connectivity index (χ4n) is 2.55. The van der Waals surface area contributed by atoms with Crippen LogP contribution < -0.4 is 11.1 Å². The van der Waals surface area contributed by atoms with Crippen molar-refractivity contribution in [2.75, 3.05) is 11.9 Å². The Labute approximate surface area is 151 Å². The SMILES string of the molecule is Cc1nnc(CCN=C(N)Nc2ccc3c(c2)CCC3)s1.I. The summed E-state index contributed by atoms with van der Waals surface area (Å²) >= 11 is 1.60. The van der Waals surface area contributed by atoms with Gasteiger partial charge in [0.05, 0.1) is 0 Å². The summed E-state index contributed by atoms with van der Waals surface area (Å²) < 4.78 is 0. The van der Waals surface area contributed by atoms with E-state index in [-0.39, 0.29) is 24.0 Å². The van der Waals surface area contributed by atoms with Crippen molar-refractivity contribution in [2.24, 2.45) is 10.7 Å². The molecule has 0 saturated carbocycles. The van der Waals surface area contributed by atoms with E-state index in [1.54, 1.807) is 11.3 Å². The van der Waals surface area contributed by atoms with Crippen molar-refractivity contribution in [2.45, 2.75) is 32.6 Å². The van der Waals surface area contributed by atoms with Gasteiger partial charge in [-0.15, -0.1) is 45.5 Å². The highest BCUT2D eigenvalue weighted by atomic mass is 127. The number of nitrogens with zero attached hydrogens (tertiary/aromatic N) is 3. The number of guanidine groups is 1. The monoisotopic (exact) mass is 429 g/mol. The maximum Gasteiger partial charge on any atom is 0.193 e. The van der Waals surface area contributed by atoms with Gasteiger partial charge in [-0.1, -0.05) is 6.07 Å². The lowest BCUT2D eigenvalue weighted by molar-refractivity contribution is 0.904. The molecule has 2 aromatic rings.